The molecule has 2 nitrogen and oxygen atoms in total. The Morgan fingerprint density at radius 1 is 1.41 bits per heavy atom. The highest BCUT2D eigenvalue weighted by atomic mass is 15.0. The number of aryl methyl sites for hydroxylation is 1. The number of nitrogens with zero attached hydrogens (tertiary/aromatic N) is 1. The summed E-state index contributed by atoms with van der Waals surface area (Å²) in [5, 5.41) is 3.45. The fourth-order valence-electron chi connectivity index (χ4n) is 2.57. The molecule has 1 fully saturated rings. The molecule has 0 saturated heterocycles. The van der Waals surface area contributed by atoms with E-state index < -0.39 is 0 Å². The highest BCUT2D eigenvalue weighted by Gasteiger charge is 2.31. The van der Waals surface area contributed by atoms with E-state index in [1.54, 1.807) is 0 Å². The van der Waals surface area contributed by atoms with Gasteiger partial charge < -0.3 is 9.88 Å². The van der Waals surface area contributed by atoms with Crippen LogP contribution in [0.4, 0.5) is 0 Å². The topological polar surface area (TPSA) is 17.0 Å². The zero-order valence-electron chi connectivity index (χ0n) is 11.4. The zero-order valence-corrected chi connectivity index (χ0v) is 11.4. The lowest BCUT2D eigenvalue weighted by atomic mass is 10.1. The van der Waals surface area contributed by atoms with Gasteiger partial charge in [-0.25, -0.2) is 0 Å². The molecule has 0 bridgehead atoms. The first-order valence-corrected chi connectivity index (χ1v) is 7.03. The third-order valence-electron chi connectivity index (χ3n) is 3.73. The van der Waals surface area contributed by atoms with Crippen LogP contribution in [0.15, 0.2) is 18.5 Å². The van der Waals surface area contributed by atoms with Crippen LogP contribution in [0.2, 0.25) is 0 Å². The lowest BCUT2D eigenvalue weighted by Gasteiger charge is -2.13. The average Bonchev–Trinajstić information content (AvgIpc) is 3.00. The van der Waals surface area contributed by atoms with E-state index in [9.17, 15) is 0 Å². The van der Waals surface area contributed by atoms with Crippen LogP contribution in [0.5, 0.6) is 0 Å². The van der Waals surface area contributed by atoms with Crippen molar-refractivity contribution in [3.05, 3.63) is 24.0 Å². The Kier molecular flexibility index (Phi) is 4.27. The number of rotatable bonds is 7. The smallest absolute Gasteiger partial charge is 0.0361 e. The van der Waals surface area contributed by atoms with Crippen LogP contribution >= 0.6 is 0 Å². The van der Waals surface area contributed by atoms with Crippen molar-refractivity contribution in [1.29, 1.82) is 0 Å². The van der Waals surface area contributed by atoms with E-state index in [1.807, 2.05) is 0 Å². The second-order valence-electron chi connectivity index (χ2n) is 5.82. The SMILES string of the molecule is CNC(c1ccn(CCCC(C)C)c1)C1CC1. The molecule has 1 aliphatic carbocycles. The van der Waals surface area contributed by atoms with E-state index in [-0.39, 0.29) is 0 Å². The van der Waals surface area contributed by atoms with Crippen molar-refractivity contribution in [2.75, 3.05) is 7.05 Å². The van der Waals surface area contributed by atoms with Crippen molar-refractivity contribution in [3.63, 3.8) is 0 Å². The molecule has 2 rings (SSSR count). The quantitative estimate of drug-likeness (QED) is 0.763. The monoisotopic (exact) mass is 234 g/mol. The Hall–Kier alpha value is -0.760. The van der Waals surface area contributed by atoms with Gasteiger partial charge in [0, 0.05) is 25.0 Å². The van der Waals surface area contributed by atoms with Gasteiger partial charge in [0.1, 0.15) is 0 Å². The summed E-state index contributed by atoms with van der Waals surface area (Å²) >= 11 is 0. The fraction of sp³-hybridized carbons (Fsp3) is 0.733. The number of nitrogens with one attached hydrogen (secondary N) is 1. The van der Waals surface area contributed by atoms with Gasteiger partial charge in [-0.1, -0.05) is 13.8 Å². The molecule has 2 heteroatoms. The van der Waals surface area contributed by atoms with Gasteiger partial charge in [0.15, 0.2) is 0 Å². The van der Waals surface area contributed by atoms with Gasteiger partial charge >= 0.3 is 0 Å². The minimum Gasteiger partial charge on any atom is -0.354 e. The highest BCUT2D eigenvalue weighted by molar-refractivity contribution is 5.18. The molecule has 1 saturated carbocycles. The van der Waals surface area contributed by atoms with Crippen molar-refractivity contribution in [3.8, 4) is 0 Å². The molecule has 0 amide bonds. The molecule has 0 spiro atoms. The van der Waals surface area contributed by atoms with E-state index in [0.717, 1.165) is 11.8 Å². The lowest BCUT2D eigenvalue weighted by Crippen LogP contribution is -2.17. The molecule has 0 aromatic carbocycles. The molecule has 1 aromatic heterocycles. The van der Waals surface area contributed by atoms with Gasteiger partial charge in [0.2, 0.25) is 0 Å². The van der Waals surface area contributed by atoms with Crippen LogP contribution in [0, 0.1) is 11.8 Å². The van der Waals surface area contributed by atoms with Gasteiger partial charge in [0.25, 0.3) is 0 Å². The first-order valence-electron chi connectivity index (χ1n) is 7.03. The summed E-state index contributed by atoms with van der Waals surface area (Å²) in [6.07, 6.45) is 9.97. The summed E-state index contributed by atoms with van der Waals surface area (Å²) in [6.45, 7) is 5.76. The van der Waals surface area contributed by atoms with Crippen LogP contribution in [0.25, 0.3) is 0 Å². The van der Waals surface area contributed by atoms with Crippen LogP contribution in [-0.2, 0) is 6.54 Å². The minimum atomic E-state index is 0.585. The van der Waals surface area contributed by atoms with E-state index in [1.165, 1.54) is 37.8 Å². The standard InChI is InChI=1S/C15H26N2/c1-12(2)5-4-9-17-10-8-14(11-17)15(16-3)13-6-7-13/h8,10-13,15-16H,4-7,9H2,1-3H3. The molecule has 1 atom stereocenters. The zero-order chi connectivity index (χ0) is 12.3. The Morgan fingerprint density at radius 3 is 2.76 bits per heavy atom. The van der Waals surface area contributed by atoms with Gasteiger partial charge in [-0.3, -0.25) is 0 Å². The largest absolute Gasteiger partial charge is 0.354 e. The van der Waals surface area contributed by atoms with Crippen molar-refractivity contribution in [1.82, 2.24) is 9.88 Å². The number of aromatic nitrogens is 1. The molecule has 1 unspecified atom stereocenters. The summed E-state index contributed by atoms with van der Waals surface area (Å²) in [7, 11) is 2.08. The second kappa shape index (κ2) is 5.72. The minimum absolute atomic E-state index is 0.585. The third kappa shape index (κ3) is 3.60. The van der Waals surface area contributed by atoms with Crippen LogP contribution in [0.3, 0.4) is 0 Å². The Bertz CT molecular complexity index is 336. The molecule has 0 radical (unpaired) electrons. The van der Waals surface area contributed by atoms with E-state index in [4.69, 9.17) is 0 Å². The number of hydrogen-bond acceptors (Lipinski definition) is 1. The van der Waals surface area contributed by atoms with Crippen molar-refractivity contribution >= 4 is 0 Å². The lowest BCUT2D eigenvalue weighted by molar-refractivity contribution is 0.507. The second-order valence-corrected chi connectivity index (χ2v) is 5.82. The third-order valence-corrected chi connectivity index (χ3v) is 3.73. The number of hydrogen-bond donors (Lipinski definition) is 1. The molecule has 17 heavy (non-hydrogen) atoms. The molecule has 0 aliphatic heterocycles. The average molecular weight is 234 g/mol. The Morgan fingerprint density at radius 2 is 2.18 bits per heavy atom. The summed E-state index contributed by atoms with van der Waals surface area (Å²) in [5.41, 5.74) is 1.47. The van der Waals surface area contributed by atoms with Crippen LogP contribution < -0.4 is 5.32 Å². The maximum atomic E-state index is 3.45. The van der Waals surface area contributed by atoms with Gasteiger partial charge in [0.05, 0.1) is 0 Å². The molecule has 1 heterocycles. The summed E-state index contributed by atoms with van der Waals surface area (Å²) in [4.78, 5) is 0. The van der Waals surface area contributed by atoms with Gasteiger partial charge in [-0.2, -0.15) is 0 Å². The van der Waals surface area contributed by atoms with Gasteiger partial charge in [-0.05, 0) is 56.2 Å². The molecule has 1 N–H and O–H groups in total. The molecular formula is C15H26N2. The first kappa shape index (κ1) is 12.7. The van der Waals surface area contributed by atoms with Crippen molar-refractivity contribution < 1.29 is 0 Å². The van der Waals surface area contributed by atoms with E-state index in [0.29, 0.717) is 6.04 Å². The van der Waals surface area contributed by atoms with Crippen molar-refractivity contribution in [2.45, 2.75) is 52.1 Å². The highest BCUT2D eigenvalue weighted by Crippen LogP contribution is 2.40. The molecule has 1 aromatic rings. The van der Waals surface area contributed by atoms with Crippen molar-refractivity contribution in [2.24, 2.45) is 11.8 Å². The van der Waals surface area contributed by atoms with E-state index in [2.05, 4.69) is 49.2 Å². The Labute approximate surface area is 105 Å². The molecular weight excluding hydrogens is 208 g/mol. The summed E-state index contributed by atoms with van der Waals surface area (Å²) < 4.78 is 2.35. The Balaban J connectivity index is 1.86. The van der Waals surface area contributed by atoms with Crippen LogP contribution in [0.1, 0.15) is 51.1 Å². The maximum Gasteiger partial charge on any atom is 0.0361 e. The predicted octanol–water partition coefficient (Wildman–Crippen LogP) is 3.59. The van der Waals surface area contributed by atoms with Crippen LogP contribution in [-0.4, -0.2) is 11.6 Å². The first-order chi connectivity index (χ1) is 8.20. The molecule has 1 aliphatic rings. The predicted molar refractivity (Wildman–Crippen MR) is 73.0 cm³/mol. The summed E-state index contributed by atoms with van der Waals surface area (Å²) in [6, 6.07) is 2.87. The molecule has 96 valence electrons. The fourth-order valence-corrected chi connectivity index (χ4v) is 2.57. The van der Waals surface area contributed by atoms with E-state index >= 15 is 0 Å². The van der Waals surface area contributed by atoms with Gasteiger partial charge in [-0.15, -0.1) is 0 Å². The summed E-state index contributed by atoms with van der Waals surface area (Å²) in [5.74, 6) is 1.70. The normalized spacial score (nSPS) is 17.6. The maximum absolute atomic E-state index is 3.45.